The molecule has 0 aliphatic rings. The third-order valence-electron chi connectivity index (χ3n) is 5.52. The average Bonchev–Trinajstić information content (AvgIpc) is 3.28. The van der Waals surface area contributed by atoms with E-state index in [4.69, 9.17) is 0 Å². The fraction of sp³-hybridized carbons (Fsp3) is 0.304. The van der Waals surface area contributed by atoms with Gasteiger partial charge in [0.2, 0.25) is 0 Å². The molecule has 12 heteroatoms. The maximum atomic E-state index is 13.3. The van der Waals surface area contributed by atoms with E-state index in [2.05, 4.69) is 10.3 Å². The van der Waals surface area contributed by atoms with E-state index in [9.17, 15) is 28.1 Å². The largest absolute Gasteiger partial charge is 0.416 e. The van der Waals surface area contributed by atoms with Gasteiger partial charge in [-0.1, -0.05) is 18.2 Å². The second-order valence-corrected chi connectivity index (χ2v) is 9.25. The number of hydrogen-bond donors (Lipinski definition) is 1. The molecule has 0 aliphatic carbocycles. The van der Waals surface area contributed by atoms with Crippen LogP contribution < -0.4 is 10.2 Å². The van der Waals surface area contributed by atoms with Crippen LogP contribution in [0.4, 0.5) is 34.5 Å². The van der Waals surface area contributed by atoms with E-state index in [-0.39, 0.29) is 16.5 Å². The predicted molar refractivity (Wildman–Crippen MR) is 129 cm³/mol. The minimum absolute atomic E-state index is 0.00140. The quantitative estimate of drug-likeness (QED) is 0.241. The highest BCUT2D eigenvalue weighted by molar-refractivity contribution is 7.14. The lowest BCUT2D eigenvalue weighted by molar-refractivity contribution is -0.887. The van der Waals surface area contributed by atoms with E-state index in [1.807, 2.05) is 21.0 Å². The van der Waals surface area contributed by atoms with Crippen LogP contribution in [0.5, 0.6) is 0 Å². The Bertz CT molecular complexity index is 1210. The Labute approximate surface area is 204 Å². The summed E-state index contributed by atoms with van der Waals surface area (Å²) in [5.74, 6) is 0. The average molecular weight is 509 g/mol. The molecule has 1 aromatic heterocycles. The number of thiazole rings is 1. The Morgan fingerprint density at radius 2 is 1.91 bits per heavy atom. The van der Waals surface area contributed by atoms with Crippen molar-refractivity contribution in [3.63, 3.8) is 0 Å². The second kappa shape index (κ2) is 10.4. The normalized spacial score (nSPS) is 11.8. The number of quaternary nitrogens is 1. The van der Waals surface area contributed by atoms with E-state index in [0.29, 0.717) is 28.8 Å². The lowest BCUT2D eigenvalue weighted by Gasteiger charge is -2.29. The van der Waals surface area contributed by atoms with Gasteiger partial charge in [-0.05, 0) is 25.1 Å². The first-order valence-electron chi connectivity index (χ1n) is 10.7. The first kappa shape index (κ1) is 26.1. The maximum Gasteiger partial charge on any atom is 0.416 e. The summed E-state index contributed by atoms with van der Waals surface area (Å²) in [6.07, 6.45) is -4.59. The Morgan fingerprint density at radius 3 is 2.57 bits per heavy atom. The Morgan fingerprint density at radius 1 is 1.20 bits per heavy atom. The molecule has 186 valence electrons. The number of carbonyl (C=O) groups excluding carboxylic acids is 1. The smallest absolute Gasteiger partial charge is 0.332 e. The van der Waals surface area contributed by atoms with Crippen LogP contribution in [0, 0.1) is 10.1 Å². The monoisotopic (exact) mass is 508 g/mol. The molecule has 0 saturated carbocycles. The van der Waals surface area contributed by atoms with Gasteiger partial charge in [0.15, 0.2) is 5.13 Å². The van der Waals surface area contributed by atoms with Crippen LogP contribution in [-0.2, 0) is 6.18 Å². The van der Waals surface area contributed by atoms with Gasteiger partial charge >= 0.3 is 12.2 Å². The summed E-state index contributed by atoms with van der Waals surface area (Å²) in [5.41, 5.74) is -0.204. The van der Waals surface area contributed by atoms with Gasteiger partial charge in [-0.15, -0.1) is 11.3 Å². The van der Waals surface area contributed by atoms with Gasteiger partial charge in [-0.2, -0.15) is 13.2 Å². The summed E-state index contributed by atoms with van der Waals surface area (Å²) in [5, 5.41) is 15.6. The molecule has 2 aromatic carbocycles. The van der Waals surface area contributed by atoms with Gasteiger partial charge in [-0.25, -0.2) is 14.7 Å². The zero-order valence-corrected chi connectivity index (χ0v) is 20.2. The minimum Gasteiger partial charge on any atom is -0.332 e. The molecule has 3 rings (SSSR count). The fourth-order valence-corrected chi connectivity index (χ4v) is 3.97. The van der Waals surface area contributed by atoms with Crippen LogP contribution >= 0.6 is 11.3 Å². The molecule has 0 aliphatic heterocycles. The number of rotatable bonds is 8. The minimum atomic E-state index is -4.59. The predicted octanol–water partition coefficient (Wildman–Crippen LogP) is 5.68. The number of nitrogens with one attached hydrogen (secondary N) is 1. The standard InChI is InChI=1S/C23H24F3N5O3S/c1-4-31(2,3)12-11-27-21(32)29(18-9-6-8-17(14-18)23(24,25)26)22-28-20(15-35-22)16-7-5-10-19(13-16)30(33)34/h5-10,13-15H,4,11-12H2,1-3H3/p+1. The lowest BCUT2D eigenvalue weighted by Crippen LogP contribution is -2.47. The molecule has 1 heterocycles. The lowest BCUT2D eigenvalue weighted by atomic mass is 10.1. The molecule has 35 heavy (non-hydrogen) atoms. The molecule has 0 radical (unpaired) electrons. The molecule has 0 fully saturated rings. The molecule has 1 N–H and O–H groups in total. The number of anilines is 2. The fourth-order valence-electron chi connectivity index (χ4n) is 3.12. The van der Waals surface area contributed by atoms with Crippen molar-refractivity contribution in [1.29, 1.82) is 0 Å². The topological polar surface area (TPSA) is 88.4 Å². The van der Waals surface area contributed by atoms with Crippen LogP contribution in [0.2, 0.25) is 0 Å². The molecule has 2 amide bonds. The molecule has 0 spiro atoms. The van der Waals surface area contributed by atoms with Crippen LogP contribution in [0.1, 0.15) is 12.5 Å². The highest BCUT2D eigenvalue weighted by Crippen LogP contribution is 2.36. The van der Waals surface area contributed by atoms with Crippen molar-refractivity contribution in [1.82, 2.24) is 10.3 Å². The van der Waals surface area contributed by atoms with Gasteiger partial charge in [0.25, 0.3) is 5.69 Å². The van der Waals surface area contributed by atoms with E-state index in [1.165, 1.54) is 30.3 Å². The summed E-state index contributed by atoms with van der Waals surface area (Å²) >= 11 is 1.05. The molecule has 0 unspecified atom stereocenters. The van der Waals surface area contributed by atoms with Crippen LogP contribution in [0.3, 0.4) is 0 Å². The number of aromatic nitrogens is 1. The molecule has 8 nitrogen and oxygen atoms in total. The number of amides is 2. The molecular formula is C23H25F3N5O3S+. The van der Waals surface area contributed by atoms with E-state index in [0.717, 1.165) is 34.9 Å². The van der Waals surface area contributed by atoms with E-state index >= 15 is 0 Å². The second-order valence-electron chi connectivity index (χ2n) is 8.41. The first-order valence-corrected chi connectivity index (χ1v) is 11.6. The third kappa shape index (κ3) is 6.55. The molecular weight excluding hydrogens is 483 g/mol. The van der Waals surface area contributed by atoms with Crippen LogP contribution in [-0.4, -0.2) is 54.2 Å². The molecule has 0 bridgehead atoms. The summed E-state index contributed by atoms with van der Waals surface area (Å²) in [7, 11) is 4.01. The van der Waals surface area contributed by atoms with Crippen molar-refractivity contribution in [3.05, 3.63) is 69.6 Å². The highest BCUT2D eigenvalue weighted by atomic mass is 32.1. The van der Waals surface area contributed by atoms with Crippen molar-refractivity contribution in [2.75, 3.05) is 38.6 Å². The molecule has 3 aromatic rings. The highest BCUT2D eigenvalue weighted by Gasteiger charge is 2.32. The summed E-state index contributed by atoms with van der Waals surface area (Å²) < 4.78 is 40.7. The summed E-state index contributed by atoms with van der Waals surface area (Å²) in [4.78, 5) is 29.3. The van der Waals surface area contributed by atoms with Gasteiger partial charge in [-0.3, -0.25) is 10.1 Å². The van der Waals surface area contributed by atoms with Crippen molar-refractivity contribution in [2.45, 2.75) is 13.1 Å². The zero-order chi connectivity index (χ0) is 25.8. The summed E-state index contributed by atoms with van der Waals surface area (Å²) in [6.45, 7) is 3.78. The SMILES string of the molecule is CC[N+](C)(C)CCNC(=O)N(c1cccc(C(F)(F)F)c1)c1nc(-c2cccc([N+](=O)[O-])c2)cs1. The van der Waals surface area contributed by atoms with Crippen LogP contribution in [0.25, 0.3) is 11.3 Å². The Balaban J connectivity index is 1.97. The molecule has 0 atom stereocenters. The summed E-state index contributed by atoms with van der Waals surface area (Å²) in [6, 6.07) is 9.65. The Kier molecular flexibility index (Phi) is 7.76. The van der Waals surface area contributed by atoms with Crippen molar-refractivity contribution in [3.8, 4) is 11.3 Å². The number of halogens is 3. The van der Waals surface area contributed by atoms with Gasteiger partial charge in [0.05, 0.1) is 55.6 Å². The zero-order valence-electron chi connectivity index (χ0n) is 19.4. The number of hydrogen-bond acceptors (Lipinski definition) is 5. The molecule has 0 saturated heterocycles. The third-order valence-corrected chi connectivity index (χ3v) is 6.35. The van der Waals surface area contributed by atoms with Crippen molar-refractivity contribution < 1.29 is 27.4 Å². The Hall–Kier alpha value is -3.51. The number of nitro groups is 1. The van der Waals surface area contributed by atoms with Crippen molar-refractivity contribution in [2.24, 2.45) is 0 Å². The number of benzene rings is 2. The first-order chi connectivity index (χ1) is 16.4. The van der Waals surface area contributed by atoms with E-state index in [1.54, 1.807) is 11.4 Å². The van der Waals surface area contributed by atoms with Crippen molar-refractivity contribution >= 4 is 33.9 Å². The van der Waals surface area contributed by atoms with Gasteiger partial charge < -0.3 is 9.80 Å². The van der Waals surface area contributed by atoms with Gasteiger partial charge in [0, 0.05) is 23.1 Å². The van der Waals surface area contributed by atoms with E-state index < -0.39 is 22.7 Å². The number of nitro benzene ring substituents is 1. The number of likely N-dealkylation sites (N-methyl/N-ethyl adjacent to an activating group) is 1. The number of urea groups is 1. The number of nitrogens with zero attached hydrogens (tertiary/aromatic N) is 4. The van der Waals surface area contributed by atoms with Crippen LogP contribution in [0.15, 0.2) is 53.9 Å². The number of non-ortho nitro benzene ring substituents is 1. The number of alkyl halides is 3. The van der Waals surface area contributed by atoms with Gasteiger partial charge in [0.1, 0.15) is 0 Å². The maximum absolute atomic E-state index is 13.3. The number of carbonyl (C=O) groups is 1.